The molecule has 5 heteroatoms. The minimum Gasteiger partial charge on any atom is -0.477 e. The van der Waals surface area contributed by atoms with Gasteiger partial charge in [-0.2, -0.15) is 5.10 Å². The number of nitrogens with zero attached hydrogens (tertiary/aromatic N) is 2. The quantitative estimate of drug-likeness (QED) is 0.802. The number of carboxylic acid groups (broad SMARTS) is 1. The van der Waals surface area contributed by atoms with Crippen molar-refractivity contribution in [2.24, 2.45) is 0 Å². The molecule has 4 nitrogen and oxygen atoms in total. The first-order valence-electron chi connectivity index (χ1n) is 6.30. The predicted molar refractivity (Wildman–Crippen MR) is 79.6 cm³/mol. The molecule has 3 rings (SSSR count). The van der Waals surface area contributed by atoms with Crippen molar-refractivity contribution in [3.63, 3.8) is 0 Å². The van der Waals surface area contributed by atoms with Gasteiger partial charge in [0.1, 0.15) is 9.71 Å². The van der Waals surface area contributed by atoms with E-state index in [1.807, 2.05) is 11.6 Å². The molecule has 1 aromatic carbocycles. The van der Waals surface area contributed by atoms with E-state index in [0.29, 0.717) is 11.4 Å². The van der Waals surface area contributed by atoms with Crippen molar-refractivity contribution in [1.29, 1.82) is 0 Å². The summed E-state index contributed by atoms with van der Waals surface area (Å²) in [7, 11) is 0. The Bertz CT molecular complexity index is 784. The van der Waals surface area contributed by atoms with E-state index in [-0.39, 0.29) is 0 Å². The van der Waals surface area contributed by atoms with Crippen molar-refractivity contribution >= 4 is 27.5 Å². The van der Waals surface area contributed by atoms with Crippen LogP contribution in [0.15, 0.2) is 30.3 Å². The number of carbonyl (C=O) groups is 1. The van der Waals surface area contributed by atoms with E-state index in [1.54, 1.807) is 6.07 Å². The molecule has 2 aromatic heterocycles. The third kappa shape index (κ3) is 2.20. The molecule has 2 heterocycles. The minimum absolute atomic E-state index is 0.359. The second-order valence-electron chi connectivity index (χ2n) is 4.86. The van der Waals surface area contributed by atoms with Gasteiger partial charge in [0.2, 0.25) is 0 Å². The van der Waals surface area contributed by atoms with Crippen LogP contribution in [0.5, 0.6) is 0 Å². The Morgan fingerprint density at radius 1 is 1.30 bits per heavy atom. The zero-order valence-corrected chi connectivity index (χ0v) is 12.1. The van der Waals surface area contributed by atoms with Gasteiger partial charge >= 0.3 is 5.97 Å². The van der Waals surface area contributed by atoms with Crippen LogP contribution in [0.25, 0.3) is 10.2 Å². The van der Waals surface area contributed by atoms with Gasteiger partial charge in [-0.3, -0.25) is 4.68 Å². The summed E-state index contributed by atoms with van der Waals surface area (Å²) in [6, 6.07) is 9.99. The van der Waals surface area contributed by atoms with Gasteiger partial charge in [0.05, 0.1) is 12.2 Å². The Morgan fingerprint density at radius 2 is 2.00 bits per heavy atom. The summed E-state index contributed by atoms with van der Waals surface area (Å²) in [4.78, 5) is 12.3. The van der Waals surface area contributed by atoms with Crippen molar-refractivity contribution < 1.29 is 9.90 Å². The summed E-state index contributed by atoms with van der Waals surface area (Å²) in [5, 5.41) is 14.5. The number of carboxylic acids is 1. The molecule has 3 aromatic rings. The molecule has 0 unspecified atom stereocenters. The first-order chi connectivity index (χ1) is 9.54. The van der Waals surface area contributed by atoms with Crippen LogP contribution in [0.1, 0.15) is 26.5 Å². The SMILES string of the molecule is Cc1ccc(Cn2nc(C)c3cc(C(=O)O)sc32)cc1. The standard InChI is InChI=1S/C15H14N2O2S/c1-9-3-5-11(6-4-9)8-17-14-12(10(2)16-17)7-13(20-14)15(18)19/h3-7H,8H2,1-2H3,(H,18,19). The van der Waals surface area contributed by atoms with Crippen LogP contribution in [0.2, 0.25) is 0 Å². The Kier molecular flexibility index (Phi) is 3.06. The molecule has 102 valence electrons. The fourth-order valence-corrected chi connectivity index (χ4v) is 3.19. The molecule has 0 aliphatic carbocycles. The van der Waals surface area contributed by atoms with Crippen LogP contribution in [-0.4, -0.2) is 20.9 Å². The van der Waals surface area contributed by atoms with Gasteiger partial charge in [-0.15, -0.1) is 11.3 Å². The van der Waals surface area contributed by atoms with Gasteiger partial charge in [-0.25, -0.2) is 4.79 Å². The second kappa shape index (κ2) is 4.76. The topological polar surface area (TPSA) is 55.1 Å². The molecule has 0 bridgehead atoms. The highest BCUT2D eigenvalue weighted by Gasteiger charge is 2.15. The van der Waals surface area contributed by atoms with Crippen molar-refractivity contribution in [1.82, 2.24) is 9.78 Å². The molecule has 0 amide bonds. The number of aromatic carboxylic acids is 1. The van der Waals surface area contributed by atoms with E-state index in [2.05, 4.69) is 36.3 Å². The maximum absolute atomic E-state index is 11.1. The summed E-state index contributed by atoms with van der Waals surface area (Å²) >= 11 is 1.28. The van der Waals surface area contributed by atoms with Gasteiger partial charge in [-0.1, -0.05) is 29.8 Å². The number of aryl methyl sites for hydroxylation is 2. The van der Waals surface area contributed by atoms with Crippen LogP contribution in [0.4, 0.5) is 0 Å². The Hall–Kier alpha value is -2.14. The van der Waals surface area contributed by atoms with E-state index >= 15 is 0 Å². The molecule has 0 saturated heterocycles. The fraction of sp³-hybridized carbons (Fsp3) is 0.200. The zero-order chi connectivity index (χ0) is 14.3. The lowest BCUT2D eigenvalue weighted by molar-refractivity contribution is 0.0702. The number of benzene rings is 1. The van der Waals surface area contributed by atoms with Crippen LogP contribution in [-0.2, 0) is 6.54 Å². The highest BCUT2D eigenvalue weighted by atomic mass is 32.1. The zero-order valence-electron chi connectivity index (χ0n) is 11.3. The van der Waals surface area contributed by atoms with Crippen molar-refractivity contribution in [3.05, 3.63) is 52.0 Å². The largest absolute Gasteiger partial charge is 0.477 e. The van der Waals surface area contributed by atoms with E-state index in [4.69, 9.17) is 5.11 Å². The summed E-state index contributed by atoms with van der Waals surface area (Å²) in [6.45, 7) is 4.62. The third-order valence-corrected chi connectivity index (χ3v) is 4.41. The van der Waals surface area contributed by atoms with Gasteiger partial charge < -0.3 is 5.11 Å². The average molecular weight is 286 g/mol. The molecule has 0 aliphatic heterocycles. The number of rotatable bonds is 3. The highest BCUT2D eigenvalue weighted by Crippen LogP contribution is 2.28. The first-order valence-corrected chi connectivity index (χ1v) is 7.12. The number of thiophene rings is 1. The second-order valence-corrected chi connectivity index (χ2v) is 5.89. The Morgan fingerprint density at radius 3 is 2.65 bits per heavy atom. The molecule has 0 atom stereocenters. The summed E-state index contributed by atoms with van der Waals surface area (Å²) < 4.78 is 1.88. The first kappa shape index (κ1) is 12.9. The minimum atomic E-state index is -0.882. The van der Waals surface area contributed by atoms with Crippen LogP contribution < -0.4 is 0 Å². The normalized spacial score (nSPS) is 11.1. The number of fused-ring (bicyclic) bond motifs is 1. The lowest BCUT2D eigenvalue weighted by Crippen LogP contribution is -2.01. The maximum Gasteiger partial charge on any atom is 0.345 e. The van der Waals surface area contributed by atoms with E-state index in [0.717, 1.165) is 21.5 Å². The molecule has 0 aliphatic rings. The molecular weight excluding hydrogens is 272 g/mol. The molecule has 1 N–H and O–H groups in total. The molecule has 0 saturated carbocycles. The Balaban J connectivity index is 2.02. The number of aromatic nitrogens is 2. The van der Waals surface area contributed by atoms with Gasteiger partial charge in [0, 0.05) is 5.39 Å². The number of hydrogen-bond acceptors (Lipinski definition) is 3. The van der Waals surface area contributed by atoms with E-state index in [1.165, 1.54) is 16.9 Å². The maximum atomic E-state index is 11.1. The smallest absolute Gasteiger partial charge is 0.345 e. The number of hydrogen-bond donors (Lipinski definition) is 1. The summed E-state index contributed by atoms with van der Waals surface area (Å²) in [5.74, 6) is -0.882. The van der Waals surface area contributed by atoms with E-state index in [9.17, 15) is 4.79 Å². The average Bonchev–Trinajstić information content (AvgIpc) is 2.95. The van der Waals surface area contributed by atoms with Crippen LogP contribution in [0.3, 0.4) is 0 Å². The van der Waals surface area contributed by atoms with Crippen molar-refractivity contribution in [3.8, 4) is 0 Å². The third-order valence-electron chi connectivity index (χ3n) is 3.27. The Labute approximate surface area is 120 Å². The fourth-order valence-electron chi connectivity index (χ4n) is 2.19. The molecular formula is C15H14N2O2S. The monoisotopic (exact) mass is 286 g/mol. The van der Waals surface area contributed by atoms with Crippen LogP contribution >= 0.6 is 11.3 Å². The van der Waals surface area contributed by atoms with Gasteiger partial charge in [0.15, 0.2) is 0 Å². The summed E-state index contributed by atoms with van der Waals surface area (Å²) in [6.07, 6.45) is 0. The molecule has 0 fully saturated rings. The van der Waals surface area contributed by atoms with Crippen LogP contribution in [0, 0.1) is 13.8 Å². The highest BCUT2D eigenvalue weighted by molar-refractivity contribution is 7.20. The van der Waals surface area contributed by atoms with Crippen molar-refractivity contribution in [2.75, 3.05) is 0 Å². The molecule has 0 spiro atoms. The molecule has 0 radical (unpaired) electrons. The van der Waals surface area contributed by atoms with E-state index < -0.39 is 5.97 Å². The predicted octanol–water partition coefficient (Wildman–Crippen LogP) is 3.46. The molecule has 20 heavy (non-hydrogen) atoms. The van der Waals surface area contributed by atoms with Crippen molar-refractivity contribution in [2.45, 2.75) is 20.4 Å². The van der Waals surface area contributed by atoms with Gasteiger partial charge in [0.25, 0.3) is 0 Å². The lowest BCUT2D eigenvalue weighted by atomic mass is 10.1. The lowest BCUT2D eigenvalue weighted by Gasteiger charge is -2.03. The van der Waals surface area contributed by atoms with Gasteiger partial charge in [-0.05, 0) is 25.5 Å². The summed E-state index contributed by atoms with van der Waals surface area (Å²) in [5.41, 5.74) is 3.25.